The van der Waals surface area contributed by atoms with Crippen molar-refractivity contribution < 1.29 is 14.4 Å². The van der Waals surface area contributed by atoms with E-state index in [0.717, 1.165) is 44.1 Å². The van der Waals surface area contributed by atoms with Gasteiger partial charge in [0.15, 0.2) is 0 Å². The molecule has 27 heavy (non-hydrogen) atoms. The molecule has 0 radical (unpaired) electrons. The van der Waals surface area contributed by atoms with Crippen LogP contribution in [0, 0.1) is 12.8 Å². The normalized spacial score (nSPS) is 17.2. The number of anilines is 1. The van der Waals surface area contributed by atoms with Crippen LogP contribution in [0.3, 0.4) is 0 Å². The first-order valence-electron chi connectivity index (χ1n) is 9.96. The van der Waals surface area contributed by atoms with Gasteiger partial charge < -0.3 is 15.5 Å². The van der Waals surface area contributed by atoms with Gasteiger partial charge in [-0.15, -0.1) is 0 Å². The van der Waals surface area contributed by atoms with E-state index < -0.39 is 0 Å². The number of rotatable bonds is 7. The highest BCUT2D eigenvalue weighted by atomic mass is 16.2. The molecule has 0 saturated heterocycles. The maximum absolute atomic E-state index is 12.8. The van der Waals surface area contributed by atoms with Gasteiger partial charge in [-0.25, -0.2) is 0 Å². The second kappa shape index (κ2) is 9.02. The van der Waals surface area contributed by atoms with Gasteiger partial charge in [0.1, 0.15) is 0 Å². The molecule has 2 N–H and O–H groups in total. The van der Waals surface area contributed by atoms with Crippen LogP contribution in [-0.4, -0.2) is 41.8 Å². The van der Waals surface area contributed by atoms with Crippen LogP contribution in [0.1, 0.15) is 50.5 Å². The molecule has 0 aliphatic heterocycles. The number of hydrogen-bond acceptors (Lipinski definition) is 3. The van der Waals surface area contributed by atoms with Crippen LogP contribution in [0.4, 0.5) is 5.69 Å². The monoisotopic (exact) mass is 371 g/mol. The van der Waals surface area contributed by atoms with Gasteiger partial charge in [-0.3, -0.25) is 14.4 Å². The first kappa shape index (κ1) is 19.4. The fraction of sp³-hybridized carbons (Fsp3) is 0.571. The zero-order chi connectivity index (χ0) is 19.2. The third kappa shape index (κ3) is 5.81. The summed E-state index contributed by atoms with van der Waals surface area (Å²) in [5.74, 6) is -0.359. The second-order valence-corrected chi connectivity index (χ2v) is 7.72. The molecule has 0 atom stereocenters. The first-order chi connectivity index (χ1) is 13.0. The van der Waals surface area contributed by atoms with Crippen molar-refractivity contribution in [3.05, 3.63) is 29.8 Å². The number of benzene rings is 1. The number of nitrogens with zero attached hydrogens (tertiary/aromatic N) is 1. The fourth-order valence-electron chi connectivity index (χ4n) is 3.59. The van der Waals surface area contributed by atoms with Gasteiger partial charge in [0.05, 0.1) is 13.1 Å². The minimum atomic E-state index is -0.274. The van der Waals surface area contributed by atoms with Crippen molar-refractivity contribution >= 4 is 23.4 Å². The van der Waals surface area contributed by atoms with Gasteiger partial charge in [-0.2, -0.15) is 0 Å². The summed E-state index contributed by atoms with van der Waals surface area (Å²) < 4.78 is 0. The molecule has 0 bridgehead atoms. The Morgan fingerprint density at radius 1 is 0.963 bits per heavy atom. The summed E-state index contributed by atoms with van der Waals surface area (Å²) >= 11 is 0. The number of carbonyl (C=O) groups is 3. The molecule has 2 aliphatic carbocycles. The summed E-state index contributed by atoms with van der Waals surface area (Å²) in [6.45, 7) is 1.94. The smallest absolute Gasteiger partial charge is 0.243 e. The maximum atomic E-state index is 12.8. The van der Waals surface area contributed by atoms with E-state index in [-0.39, 0.29) is 42.8 Å². The highest BCUT2D eigenvalue weighted by Crippen LogP contribution is 2.32. The fourth-order valence-corrected chi connectivity index (χ4v) is 3.59. The summed E-state index contributed by atoms with van der Waals surface area (Å²) in [5, 5.41) is 5.39. The molecular formula is C21H29N3O3. The van der Waals surface area contributed by atoms with Crippen LogP contribution < -0.4 is 10.6 Å². The summed E-state index contributed by atoms with van der Waals surface area (Å²) in [6.07, 6.45) is 7.20. The van der Waals surface area contributed by atoms with Gasteiger partial charge in [0.2, 0.25) is 17.7 Å². The van der Waals surface area contributed by atoms with Crippen LogP contribution in [0.2, 0.25) is 0 Å². The Hall–Kier alpha value is -2.37. The molecule has 0 heterocycles. The van der Waals surface area contributed by atoms with Gasteiger partial charge in [-0.1, -0.05) is 37.0 Å². The lowest BCUT2D eigenvalue weighted by molar-refractivity contribution is -0.141. The number of hydrogen-bond donors (Lipinski definition) is 2. The number of nitrogens with one attached hydrogen (secondary N) is 2. The average Bonchev–Trinajstić information content (AvgIpc) is 3.51. The number of aryl methyl sites for hydroxylation is 1. The summed E-state index contributed by atoms with van der Waals surface area (Å²) in [6, 6.07) is 7.68. The Kier molecular flexibility index (Phi) is 6.48. The average molecular weight is 371 g/mol. The minimum absolute atomic E-state index is 0.0534. The molecule has 3 rings (SSSR count). The Balaban J connectivity index is 1.45. The number of carbonyl (C=O) groups excluding carboxylic acids is 3. The molecule has 2 saturated carbocycles. The Morgan fingerprint density at radius 2 is 1.63 bits per heavy atom. The van der Waals surface area contributed by atoms with Crippen LogP contribution in [0.15, 0.2) is 24.3 Å². The molecule has 1 aromatic carbocycles. The standard InChI is InChI=1S/C21H29N3O3/c1-15-7-9-17(10-8-15)23-19(25)13-22-20(26)14-24(18-11-12-18)21(27)16-5-3-2-4-6-16/h7-10,16,18H,2-6,11-14H2,1H3,(H,22,26)(H,23,25). The third-order valence-electron chi connectivity index (χ3n) is 5.32. The van der Waals surface area contributed by atoms with Crippen LogP contribution >= 0.6 is 0 Å². The molecular weight excluding hydrogens is 342 g/mol. The van der Waals surface area contributed by atoms with E-state index in [4.69, 9.17) is 0 Å². The number of amides is 3. The minimum Gasteiger partial charge on any atom is -0.345 e. The molecule has 1 aromatic rings. The van der Waals surface area contributed by atoms with Crippen LogP contribution in [-0.2, 0) is 14.4 Å². The lowest BCUT2D eigenvalue weighted by Crippen LogP contribution is -2.46. The molecule has 3 amide bonds. The zero-order valence-electron chi connectivity index (χ0n) is 16.0. The SMILES string of the molecule is Cc1ccc(NC(=O)CNC(=O)CN(C(=O)C2CCCCC2)C2CC2)cc1. The molecule has 0 spiro atoms. The third-order valence-corrected chi connectivity index (χ3v) is 5.32. The van der Waals surface area contributed by atoms with Crippen molar-refractivity contribution in [1.29, 1.82) is 0 Å². The molecule has 2 aliphatic rings. The van der Waals surface area contributed by atoms with Crippen molar-refractivity contribution in [2.75, 3.05) is 18.4 Å². The van der Waals surface area contributed by atoms with Crippen molar-refractivity contribution in [2.24, 2.45) is 5.92 Å². The molecule has 6 heteroatoms. The molecule has 0 aromatic heterocycles. The highest BCUT2D eigenvalue weighted by Gasteiger charge is 2.37. The zero-order valence-corrected chi connectivity index (χ0v) is 16.0. The van der Waals surface area contributed by atoms with Gasteiger partial charge in [-0.05, 0) is 44.7 Å². The largest absolute Gasteiger partial charge is 0.345 e. The van der Waals surface area contributed by atoms with Gasteiger partial charge in [0, 0.05) is 17.6 Å². The van der Waals surface area contributed by atoms with E-state index in [1.54, 1.807) is 4.90 Å². The summed E-state index contributed by atoms with van der Waals surface area (Å²) in [5.41, 5.74) is 1.82. The Bertz CT molecular complexity index is 676. The predicted octanol–water partition coefficient (Wildman–Crippen LogP) is 2.62. The van der Waals surface area contributed by atoms with E-state index in [2.05, 4.69) is 10.6 Å². The predicted molar refractivity (Wildman–Crippen MR) is 104 cm³/mol. The Morgan fingerprint density at radius 3 is 2.26 bits per heavy atom. The van der Waals surface area contributed by atoms with Gasteiger partial charge in [0.25, 0.3) is 0 Å². The lowest BCUT2D eigenvalue weighted by Gasteiger charge is -2.29. The van der Waals surface area contributed by atoms with Crippen LogP contribution in [0.5, 0.6) is 0 Å². The maximum Gasteiger partial charge on any atom is 0.243 e. The lowest BCUT2D eigenvalue weighted by atomic mass is 9.88. The van der Waals surface area contributed by atoms with Crippen molar-refractivity contribution in [3.8, 4) is 0 Å². The topological polar surface area (TPSA) is 78.5 Å². The van der Waals surface area contributed by atoms with Gasteiger partial charge >= 0.3 is 0 Å². The highest BCUT2D eigenvalue weighted by molar-refractivity contribution is 5.95. The van der Waals surface area contributed by atoms with E-state index in [0.29, 0.717) is 5.69 Å². The van der Waals surface area contributed by atoms with E-state index in [1.165, 1.54) is 6.42 Å². The van der Waals surface area contributed by atoms with Crippen molar-refractivity contribution in [1.82, 2.24) is 10.2 Å². The quantitative estimate of drug-likeness (QED) is 0.773. The van der Waals surface area contributed by atoms with Crippen LogP contribution in [0.25, 0.3) is 0 Å². The van der Waals surface area contributed by atoms with E-state index in [1.807, 2.05) is 31.2 Å². The molecule has 2 fully saturated rings. The van der Waals surface area contributed by atoms with E-state index in [9.17, 15) is 14.4 Å². The molecule has 6 nitrogen and oxygen atoms in total. The summed E-state index contributed by atoms with van der Waals surface area (Å²) in [7, 11) is 0. The van der Waals surface area contributed by atoms with Crippen molar-refractivity contribution in [3.63, 3.8) is 0 Å². The Labute approximate surface area is 160 Å². The van der Waals surface area contributed by atoms with E-state index >= 15 is 0 Å². The second-order valence-electron chi connectivity index (χ2n) is 7.72. The summed E-state index contributed by atoms with van der Waals surface area (Å²) in [4.78, 5) is 38.8. The van der Waals surface area contributed by atoms with Crippen molar-refractivity contribution in [2.45, 2.75) is 57.9 Å². The molecule has 146 valence electrons. The molecule has 0 unspecified atom stereocenters. The first-order valence-corrected chi connectivity index (χ1v) is 9.96.